The van der Waals surface area contributed by atoms with Crippen LogP contribution in [-0.2, 0) is 0 Å². The molecule has 0 heterocycles. The Morgan fingerprint density at radius 3 is 1.89 bits per heavy atom. The van der Waals surface area contributed by atoms with Gasteiger partial charge in [-0.1, -0.05) is 177 Å². The molecule has 47 heavy (non-hydrogen) atoms. The Hall–Kier alpha value is -2.04. The van der Waals surface area contributed by atoms with Crippen molar-refractivity contribution in [2.24, 2.45) is 11.8 Å². The van der Waals surface area contributed by atoms with Crippen molar-refractivity contribution in [3.05, 3.63) is 72.9 Å². The second kappa shape index (κ2) is 36.8. The van der Waals surface area contributed by atoms with Crippen LogP contribution >= 0.6 is 0 Å². The number of hydrogen-bond donors (Lipinski definition) is 0. The Morgan fingerprint density at radius 2 is 1.15 bits per heavy atom. The summed E-state index contributed by atoms with van der Waals surface area (Å²) in [6.07, 6.45) is 56.1. The zero-order chi connectivity index (χ0) is 34.5. The standard InChI is InChI=1S/C46H79N/c1-7-10-12-14-16-18-20-22-24-25-27-29-31-33-35-37-39-45(42-43-46(9-3)47(5)6)41-40-44(4)38-36-34-32-30-28-26-23-21-19-17-15-13-11-8-2/h12,14,16,18,22-27,29,31,44-46H,7-11,13,15,20-21,28,30,32-43H2,1-6H3/b14-12+,18-16-,24-22-,26-23?,27-25+,31-29+. The maximum atomic E-state index is 3.31. The van der Waals surface area contributed by atoms with Crippen LogP contribution in [0.2, 0.25) is 0 Å². The van der Waals surface area contributed by atoms with Crippen molar-refractivity contribution in [3.63, 3.8) is 0 Å². The van der Waals surface area contributed by atoms with Crippen molar-refractivity contribution in [1.82, 2.24) is 4.90 Å². The molecule has 1 heteroatoms. The van der Waals surface area contributed by atoms with E-state index in [2.05, 4.69) is 131 Å². The summed E-state index contributed by atoms with van der Waals surface area (Å²) in [5.74, 6) is 8.36. The van der Waals surface area contributed by atoms with Gasteiger partial charge in [0.15, 0.2) is 0 Å². The van der Waals surface area contributed by atoms with E-state index in [0.29, 0.717) is 0 Å². The van der Waals surface area contributed by atoms with Crippen molar-refractivity contribution in [2.75, 3.05) is 14.1 Å². The highest BCUT2D eigenvalue weighted by atomic mass is 15.1. The lowest BCUT2D eigenvalue weighted by Gasteiger charge is -2.26. The Bertz CT molecular complexity index is 886. The first kappa shape index (κ1) is 45.0. The molecule has 0 aromatic carbocycles. The van der Waals surface area contributed by atoms with Crippen LogP contribution in [0.1, 0.15) is 175 Å². The van der Waals surface area contributed by atoms with Gasteiger partial charge in [0, 0.05) is 18.9 Å². The third-order valence-corrected chi connectivity index (χ3v) is 9.36. The van der Waals surface area contributed by atoms with E-state index in [1.54, 1.807) is 0 Å². The largest absolute Gasteiger partial charge is 0.306 e. The molecule has 0 aliphatic carbocycles. The smallest absolute Gasteiger partial charge is 0.0269 e. The summed E-state index contributed by atoms with van der Waals surface area (Å²) >= 11 is 0. The summed E-state index contributed by atoms with van der Waals surface area (Å²) in [6.45, 7) is 9.32. The average Bonchev–Trinajstić information content (AvgIpc) is 3.06. The first-order valence-corrected chi connectivity index (χ1v) is 20.1. The lowest BCUT2D eigenvalue weighted by Crippen LogP contribution is -2.27. The summed E-state index contributed by atoms with van der Waals surface area (Å²) in [5.41, 5.74) is 0. The molecule has 0 saturated heterocycles. The molecule has 0 amide bonds. The molecule has 0 spiro atoms. The molecule has 0 aliphatic rings. The third-order valence-electron chi connectivity index (χ3n) is 9.36. The van der Waals surface area contributed by atoms with E-state index in [4.69, 9.17) is 0 Å². The van der Waals surface area contributed by atoms with E-state index in [-0.39, 0.29) is 0 Å². The van der Waals surface area contributed by atoms with Crippen molar-refractivity contribution in [1.29, 1.82) is 0 Å². The summed E-state index contributed by atoms with van der Waals surface area (Å²) in [6, 6.07) is 0.732. The van der Waals surface area contributed by atoms with Crippen LogP contribution in [0.5, 0.6) is 0 Å². The third kappa shape index (κ3) is 33.6. The van der Waals surface area contributed by atoms with Gasteiger partial charge < -0.3 is 4.90 Å². The maximum Gasteiger partial charge on any atom is 0.0269 e. The van der Waals surface area contributed by atoms with E-state index >= 15 is 0 Å². The summed E-state index contributed by atoms with van der Waals surface area (Å²) in [5, 5.41) is 0. The van der Waals surface area contributed by atoms with E-state index in [9.17, 15) is 0 Å². The molecular formula is C46H79N. The highest BCUT2D eigenvalue weighted by Gasteiger charge is 2.15. The first-order chi connectivity index (χ1) is 23.0. The van der Waals surface area contributed by atoms with E-state index in [0.717, 1.165) is 37.1 Å². The Labute approximate surface area is 296 Å². The SMILES string of the molecule is CCC/C=C/C=C\C\C=C/C=C/C=C/CCCCC(CCC(C)CCCCCCC=CCC#CCCCCC)CCC(CC)N(C)C. The van der Waals surface area contributed by atoms with Gasteiger partial charge >= 0.3 is 0 Å². The van der Waals surface area contributed by atoms with E-state index < -0.39 is 0 Å². The molecule has 3 atom stereocenters. The van der Waals surface area contributed by atoms with Gasteiger partial charge in [-0.2, -0.15) is 0 Å². The molecule has 0 aliphatic heterocycles. The van der Waals surface area contributed by atoms with Gasteiger partial charge in [0.1, 0.15) is 0 Å². The molecule has 0 rings (SSSR count). The summed E-state index contributed by atoms with van der Waals surface area (Å²) < 4.78 is 0. The summed E-state index contributed by atoms with van der Waals surface area (Å²) in [7, 11) is 4.51. The Morgan fingerprint density at radius 1 is 0.511 bits per heavy atom. The topological polar surface area (TPSA) is 3.24 Å². The summed E-state index contributed by atoms with van der Waals surface area (Å²) in [4.78, 5) is 2.44. The van der Waals surface area contributed by atoms with Crippen molar-refractivity contribution in [2.45, 2.75) is 181 Å². The number of allylic oxidation sites excluding steroid dienone is 12. The zero-order valence-corrected chi connectivity index (χ0v) is 32.4. The minimum atomic E-state index is 0.732. The van der Waals surface area contributed by atoms with Gasteiger partial charge in [-0.15, -0.1) is 5.92 Å². The van der Waals surface area contributed by atoms with Gasteiger partial charge in [-0.05, 0) is 90.1 Å². The van der Waals surface area contributed by atoms with Crippen LogP contribution in [0.25, 0.3) is 0 Å². The molecule has 0 radical (unpaired) electrons. The van der Waals surface area contributed by atoms with E-state index in [1.807, 2.05) is 0 Å². The second-order valence-electron chi connectivity index (χ2n) is 14.0. The molecule has 0 N–H and O–H groups in total. The molecular weight excluding hydrogens is 567 g/mol. The van der Waals surface area contributed by atoms with Crippen LogP contribution in [0, 0.1) is 23.7 Å². The minimum absolute atomic E-state index is 0.732. The van der Waals surface area contributed by atoms with Crippen molar-refractivity contribution < 1.29 is 0 Å². The second-order valence-corrected chi connectivity index (χ2v) is 14.0. The Kier molecular flexibility index (Phi) is 35.2. The van der Waals surface area contributed by atoms with Crippen LogP contribution in [0.4, 0.5) is 0 Å². The van der Waals surface area contributed by atoms with Gasteiger partial charge in [-0.3, -0.25) is 0 Å². The van der Waals surface area contributed by atoms with Crippen LogP contribution in [0.3, 0.4) is 0 Å². The highest BCUT2D eigenvalue weighted by molar-refractivity contribution is 5.13. The highest BCUT2D eigenvalue weighted by Crippen LogP contribution is 2.27. The number of hydrogen-bond acceptors (Lipinski definition) is 1. The monoisotopic (exact) mass is 646 g/mol. The zero-order valence-electron chi connectivity index (χ0n) is 32.4. The van der Waals surface area contributed by atoms with Gasteiger partial charge in [0.2, 0.25) is 0 Å². The molecule has 1 nitrogen and oxygen atoms in total. The average molecular weight is 646 g/mol. The van der Waals surface area contributed by atoms with Crippen LogP contribution < -0.4 is 0 Å². The quantitative estimate of drug-likeness (QED) is 0.0314. The predicted octanol–water partition coefficient (Wildman–Crippen LogP) is 14.5. The molecule has 0 aromatic rings. The molecule has 0 aromatic heterocycles. The fourth-order valence-electron chi connectivity index (χ4n) is 6.08. The van der Waals surface area contributed by atoms with Gasteiger partial charge in [-0.25, -0.2) is 0 Å². The normalized spacial score (nSPS) is 14.5. The first-order valence-electron chi connectivity index (χ1n) is 20.1. The van der Waals surface area contributed by atoms with E-state index in [1.165, 1.54) is 128 Å². The fourth-order valence-corrected chi connectivity index (χ4v) is 6.08. The Balaban J connectivity index is 4.25. The van der Waals surface area contributed by atoms with Crippen LogP contribution in [0.15, 0.2) is 72.9 Å². The van der Waals surface area contributed by atoms with Crippen molar-refractivity contribution >= 4 is 0 Å². The lowest BCUT2D eigenvalue weighted by atomic mass is 9.86. The maximum absolute atomic E-state index is 3.31. The van der Waals surface area contributed by atoms with Crippen molar-refractivity contribution in [3.8, 4) is 11.8 Å². The predicted molar refractivity (Wildman–Crippen MR) is 216 cm³/mol. The van der Waals surface area contributed by atoms with Crippen LogP contribution in [-0.4, -0.2) is 25.0 Å². The molecule has 3 unspecified atom stereocenters. The minimum Gasteiger partial charge on any atom is -0.306 e. The van der Waals surface area contributed by atoms with Gasteiger partial charge in [0.05, 0.1) is 0 Å². The number of rotatable bonds is 31. The lowest BCUT2D eigenvalue weighted by molar-refractivity contribution is 0.241. The molecule has 0 bridgehead atoms. The van der Waals surface area contributed by atoms with Gasteiger partial charge in [0.25, 0.3) is 0 Å². The molecule has 268 valence electrons. The fraction of sp³-hybridized carbons (Fsp3) is 0.696. The number of nitrogens with zero attached hydrogens (tertiary/aromatic N) is 1. The molecule has 0 saturated carbocycles. The number of unbranched alkanes of at least 4 members (excludes halogenated alkanes) is 10. The molecule has 0 fully saturated rings.